The fourth-order valence-corrected chi connectivity index (χ4v) is 3.50. The maximum Gasteiger partial charge on any atom is 0.335 e. The van der Waals surface area contributed by atoms with Gasteiger partial charge < -0.3 is 10.2 Å². The van der Waals surface area contributed by atoms with E-state index >= 15 is 0 Å². The number of carbonyl (C=O) groups is 2. The summed E-state index contributed by atoms with van der Waals surface area (Å²) in [5.74, 6) is -2.58. The van der Waals surface area contributed by atoms with Crippen LogP contribution in [0.15, 0.2) is 53.4 Å². The van der Waals surface area contributed by atoms with E-state index < -0.39 is 28.0 Å². The summed E-state index contributed by atoms with van der Waals surface area (Å²) in [7, 11) is -4.19. The maximum atomic E-state index is 12.5. The number of hydrogen-bond acceptors (Lipinski definition) is 4. The Hall–Kier alpha value is -2.71. The Morgan fingerprint density at radius 2 is 1.72 bits per heavy atom. The number of aryl methyl sites for hydroxylation is 1. The van der Waals surface area contributed by atoms with Crippen molar-refractivity contribution in [2.24, 2.45) is 0 Å². The lowest BCUT2D eigenvalue weighted by molar-refractivity contribution is -0.138. The second kappa shape index (κ2) is 7.45. The number of aliphatic carboxylic acids is 1. The summed E-state index contributed by atoms with van der Waals surface area (Å²) in [6.07, 6.45) is -0.0347. The van der Waals surface area contributed by atoms with Crippen LogP contribution in [-0.2, 0) is 21.2 Å². The molecule has 2 aromatic rings. The average molecular weight is 363 g/mol. The van der Waals surface area contributed by atoms with Crippen molar-refractivity contribution in [1.29, 1.82) is 0 Å². The molecular weight excluding hydrogens is 346 g/mol. The Labute approximate surface area is 145 Å². The molecule has 0 aliphatic carbocycles. The van der Waals surface area contributed by atoms with Crippen molar-refractivity contribution in [2.45, 2.75) is 24.3 Å². The van der Waals surface area contributed by atoms with Gasteiger partial charge >= 0.3 is 11.9 Å². The first-order valence-electron chi connectivity index (χ1n) is 7.33. The van der Waals surface area contributed by atoms with Crippen molar-refractivity contribution < 1.29 is 28.2 Å². The van der Waals surface area contributed by atoms with Crippen LogP contribution in [0.5, 0.6) is 0 Å². The predicted octanol–water partition coefficient (Wildman–Crippen LogP) is 1.67. The van der Waals surface area contributed by atoms with Crippen LogP contribution in [-0.4, -0.2) is 36.6 Å². The van der Waals surface area contributed by atoms with Crippen molar-refractivity contribution in [2.75, 3.05) is 0 Å². The zero-order chi connectivity index (χ0) is 18.6. The molecule has 0 radical (unpaired) electrons. The van der Waals surface area contributed by atoms with Gasteiger partial charge in [-0.2, -0.15) is 4.72 Å². The highest BCUT2D eigenvalue weighted by atomic mass is 32.2. The molecule has 132 valence electrons. The smallest absolute Gasteiger partial charge is 0.335 e. The number of hydrogen-bond donors (Lipinski definition) is 3. The summed E-state index contributed by atoms with van der Waals surface area (Å²) in [5, 5.41) is 18.4. The van der Waals surface area contributed by atoms with E-state index in [9.17, 15) is 23.1 Å². The van der Waals surface area contributed by atoms with E-state index in [0.29, 0.717) is 11.1 Å². The molecule has 0 amide bonds. The summed E-state index contributed by atoms with van der Waals surface area (Å²) in [6, 6.07) is 10.9. The fraction of sp³-hybridized carbons (Fsp3) is 0.176. The zero-order valence-electron chi connectivity index (χ0n) is 13.3. The minimum absolute atomic E-state index is 0.0347. The molecule has 25 heavy (non-hydrogen) atoms. The van der Waals surface area contributed by atoms with Crippen molar-refractivity contribution >= 4 is 22.0 Å². The van der Waals surface area contributed by atoms with E-state index in [4.69, 9.17) is 5.11 Å². The Kier molecular flexibility index (Phi) is 5.55. The van der Waals surface area contributed by atoms with E-state index in [2.05, 4.69) is 4.72 Å². The Morgan fingerprint density at radius 1 is 1.08 bits per heavy atom. The summed E-state index contributed by atoms with van der Waals surface area (Å²) in [4.78, 5) is 22.3. The number of sulfonamides is 1. The number of aromatic carboxylic acids is 1. The van der Waals surface area contributed by atoms with Crippen LogP contribution in [0.3, 0.4) is 0 Å². The standard InChI is InChI=1S/C17H17NO6S/c1-11-7-8-13(10-14(11)16(19)20)25(23,24)18-15(17(21)22)9-12-5-3-2-4-6-12/h2-8,10,15,18H,9H2,1H3,(H,19,20)(H,21,22). The molecule has 2 rings (SSSR count). The third-order valence-corrected chi connectivity index (χ3v) is 5.10. The Bertz CT molecular complexity index is 893. The van der Waals surface area contributed by atoms with Crippen molar-refractivity contribution in [3.8, 4) is 0 Å². The molecule has 0 fully saturated rings. The van der Waals surface area contributed by atoms with Gasteiger partial charge in [-0.25, -0.2) is 13.2 Å². The van der Waals surface area contributed by atoms with Gasteiger partial charge in [0, 0.05) is 0 Å². The van der Waals surface area contributed by atoms with Gasteiger partial charge in [0.15, 0.2) is 0 Å². The molecule has 0 spiro atoms. The van der Waals surface area contributed by atoms with Gasteiger partial charge in [-0.3, -0.25) is 4.79 Å². The lowest BCUT2D eigenvalue weighted by Crippen LogP contribution is -2.42. The Balaban J connectivity index is 2.30. The highest BCUT2D eigenvalue weighted by molar-refractivity contribution is 7.89. The highest BCUT2D eigenvalue weighted by Gasteiger charge is 2.26. The molecule has 0 saturated heterocycles. The van der Waals surface area contributed by atoms with Crippen LogP contribution < -0.4 is 4.72 Å². The van der Waals surface area contributed by atoms with Gasteiger partial charge in [-0.05, 0) is 36.6 Å². The Morgan fingerprint density at radius 3 is 2.28 bits per heavy atom. The normalized spacial score (nSPS) is 12.5. The van der Waals surface area contributed by atoms with Gasteiger partial charge in [0.25, 0.3) is 0 Å². The predicted molar refractivity (Wildman–Crippen MR) is 90.0 cm³/mol. The van der Waals surface area contributed by atoms with Gasteiger partial charge in [-0.15, -0.1) is 0 Å². The molecule has 0 bridgehead atoms. The fourth-order valence-electron chi connectivity index (χ4n) is 2.28. The van der Waals surface area contributed by atoms with E-state index in [1.54, 1.807) is 37.3 Å². The van der Waals surface area contributed by atoms with Gasteiger partial charge in [0.1, 0.15) is 6.04 Å². The van der Waals surface area contributed by atoms with Crippen LogP contribution in [0.4, 0.5) is 0 Å². The molecule has 0 aliphatic rings. The molecule has 2 aromatic carbocycles. The molecule has 3 N–H and O–H groups in total. The zero-order valence-corrected chi connectivity index (χ0v) is 14.2. The van der Waals surface area contributed by atoms with Crippen LogP contribution in [0.1, 0.15) is 21.5 Å². The maximum absolute atomic E-state index is 12.5. The van der Waals surface area contributed by atoms with Crippen LogP contribution in [0.25, 0.3) is 0 Å². The van der Waals surface area contributed by atoms with Gasteiger partial charge in [0.2, 0.25) is 10.0 Å². The molecule has 8 heteroatoms. The lowest BCUT2D eigenvalue weighted by atomic mass is 10.1. The minimum Gasteiger partial charge on any atom is -0.480 e. The van der Waals surface area contributed by atoms with Crippen LogP contribution >= 0.6 is 0 Å². The first-order chi connectivity index (χ1) is 11.7. The quantitative estimate of drug-likeness (QED) is 0.688. The second-order valence-electron chi connectivity index (χ2n) is 5.48. The third kappa shape index (κ3) is 4.65. The molecular formula is C17H17NO6S. The van der Waals surface area contributed by atoms with Gasteiger partial charge in [0.05, 0.1) is 10.5 Å². The topological polar surface area (TPSA) is 121 Å². The number of benzene rings is 2. The SMILES string of the molecule is Cc1ccc(S(=O)(=O)NC(Cc2ccccc2)C(=O)O)cc1C(=O)O. The van der Waals surface area contributed by atoms with Gasteiger partial charge in [-0.1, -0.05) is 36.4 Å². The largest absolute Gasteiger partial charge is 0.480 e. The highest BCUT2D eigenvalue weighted by Crippen LogP contribution is 2.17. The summed E-state index contributed by atoms with van der Waals surface area (Å²) in [5.41, 5.74) is 0.913. The molecule has 0 aliphatic heterocycles. The monoisotopic (exact) mass is 363 g/mol. The van der Waals surface area contributed by atoms with E-state index in [0.717, 1.165) is 6.07 Å². The van der Waals surface area contributed by atoms with Crippen LogP contribution in [0, 0.1) is 6.92 Å². The first kappa shape index (κ1) is 18.6. The number of rotatable bonds is 7. The van der Waals surface area contributed by atoms with Crippen molar-refractivity contribution in [3.63, 3.8) is 0 Å². The third-order valence-electron chi connectivity index (χ3n) is 3.63. The first-order valence-corrected chi connectivity index (χ1v) is 8.82. The second-order valence-corrected chi connectivity index (χ2v) is 7.20. The average Bonchev–Trinajstić information content (AvgIpc) is 2.54. The van der Waals surface area contributed by atoms with Crippen molar-refractivity contribution in [1.82, 2.24) is 4.72 Å². The summed E-state index contributed by atoms with van der Waals surface area (Å²) < 4.78 is 27.0. The molecule has 1 atom stereocenters. The van der Waals surface area contributed by atoms with E-state index in [1.807, 2.05) is 0 Å². The summed E-state index contributed by atoms with van der Waals surface area (Å²) >= 11 is 0. The lowest BCUT2D eigenvalue weighted by Gasteiger charge is -2.15. The molecule has 1 unspecified atom stereocenters. The van der Waals surface area contributed by atoms with E-state index in [-0.39, 0.29) is 16.9 Å². The molecule has 0 saturated carbocycles. The minimum atomic E-state index is -4.19. The van der Waals surface area contributed by atoms with Crippen LogP contribution in [0.2, 0.25) is 0 Å². The molecule has 7 nitrogen and oxygen atoms in total. The number of carboxylic acid groups (broad SMARTS) is 2. The van der Waals surface area contributed by atoms with E-state index in [1.165, 1.54) is 12.1 Å². The summed E-state index contributed by atoms with van der Waals surface area (Å²) in [6.45, 7) is 1.54. The number of carboxylic acids is 2. The molecule has 0 heterocycles. The number of nitrogens with one attached hydrogen (secondary N) is 1. The molecule has 0 aromatic heterocycles. The van der Waals surface area contributed by atoms with Crippen molar-refractivity contribution in [3.05, 3.63) is 65.2 Å².